The highest BCUT2D eigenvalue weighted by Gasteiger charge is 2.18. The van der Waals surface area contributed by atoms with E-state index in [2.05, 4.69) is 10.5 Å². The average molecular weight is 377 g/mol. The van der Waals surface area contributed by atoms with Crippen LogP contribution in [0.1, 0.15) is 10.5 Å². The molecular formula is C17H10Cl2N2O4. The summed E-state index contributed by atoms with van der Waals surface area (Å²) in [4.78, 5) is 12.3. The highest BCUT2D eigenvalue weighted by Crippen LogP contribution is 2.34. The second-order valence-corrected chi connectivity index (χ2v) is 6.07. The molecule has 3 aromatic rings. The van der Waals surface area contributed by atoms with Crippen LogP contribution >= 0.6 is 23.2 Å². The van der Waals surface area contributed by atoms with Crippen molar-refractivity contribution in [3.63, 3.8) is 0 Å². The van der Waals surface area contributed by atoms with Crippen molar-refractivity contribution in [2.45, 2.75) is 0 Å². The number of amides is 1. The number of aromatic nitrogens is 1. The van der Waals surface area contributed by atoms with Gasteiger partial charge in [-0.15, -0.1) is 0 Å². The second kappa shape index (κ2) is 6.31. The Kier molecular flexibility index (Phi) is 3.99. The van der Waals surface area contributed by atoms with Crippen molar-refractivity contribution >= 4 is 34.8 Å². The third-order valence-electron chi connectivity index (χ3n) is 3.57. The van der Waals surface area contributed by atoms with Gasteiger partial charge in [0.05, 0.1) is 5.02 Å². The minimum Gasteiger partial charge on any atom is -0.454 e. The van der Waals surface area contributed by atoms with Crippen molar-refractivity contribution < 1.29 is 18.8 Å². The Morgan fingerprint density at radius 2 is 1.88 bits per heavy atom. The lowest BCUT2D eigenvalue weighted by Gasteiger charge is -2.03. The fraction of sp³-hybridized carbons (Fsp3) is 0.0588. The van der Waals surface area contributed by atoms with Gasteiger partial charge in [0.1, 0.15) is 0 Å². The molecule has 0 bridgehead atoms. The highest BCUT2D eigenvalue weighted by molar-refractivity contribution is 6.36. The molecule has 2 heterocycles. The number of anilines is 1. The first-order chi connectivity index (χ1) is 12.1. The minimum atomic E-state index is -0.418. The van der Waals surface area contributed by atoms with Crippen LogP contribution in [0.4, 0.5) is 5.69 Å². The van der Waals surface area contributed by atoms with E-state index in [1.165, 1.54) is 6.07 Å². The quantitative estimate of drug-likeness (QED) is 0.721. The molecule has 1 aromatic heterocycles. The van der Waals surface area contributed by atoms with E-state index in [0.717, 1.165) is 0 Å². The summed E-state index contributed by atoms with van der Waals surface area (Å²) in [5, 5.41) is 7.43. The molecule has 25 heavy (non-hydrogen) atoms. The van der Waals surface area contributed by atoms with Gasteiger partial charge in [-0.05, 0) is 30.3 Å². The summed E-state index contributed by atoms with van der Waals surface area (Å²) < 4.78 is 15.7. The number of nitrogens with zero attached hydrogens (tertiary/aromatic N) is 1. The Morgan fingerprint density at radius 3 is 2.72 bits per heavy atom. The van der Waals surface area contributed by atoms with E-state index in [-0.39, 0.29) is 12.5 Å². The second-order valence-electron chi connectivity index (χ2n) is 5.22. The van der Waals surface area contributed by atoms with Crippen LogP contribution < -0.4 is 14.8 Å². The van der Waals surface area contributed by atoms with Crippen LogP contribution in [0, 0.1) is 0 Å². The molecule has 6 nitrogen and oxygen atoms in total. The summed E-state index contributed by atoms with van der Waals surface area (Å²) in [5.74, 6) is 1.17. The zero-order chi connectivity index (χ0) is 17.4. The third-order valence-corrected chi connectivity index (χ3v) is 4.12. The Morgan fingerprint density at radius 1 is 1.04 bits per heavy atom. The number of halogens is 2. The summed E-state index contributed by atoms with van der Waals surface area (Å²) in [6, 6.07) is 11.6. The van der Waals surface area contributed by atoms with E-state index in [1.807, 2.05) is 0 Å². The van der Waals surface area contributed by atoms with Gasteiger partial charge in [-0.3, -0.25) is 4.79 Å². The van der Waals surface area contributed by atoms with Crippen molar-refractivity contribution in [1.82, 2.24) is 5.16 Å². The van der Waals surface area contributed by atoms with Crippen LogP contribution in [0.15, 0.2) is 47.0 Å². The monoisotopic (exact) mass is 376 g/mol. The molecule has 0 fully saturated rings. The molecule has 2 aromatic carbocycles. The van der Waals surface area contributed by atoms with Crippen LogP contribution in [-0.2, 0) is 0 Å². The Hall–Kier alpha value is -2.70. The van der Waals surface area contributed by atoms with Crippen LogP contribution in [0.2, 0.25) is 10.0 Å². The van der Waals surface area contributed by atoms with Gasteiger partial charge < -0.3 is 19.3 Å². The Labute approximate surface area is 152 Å². The van der Waals surface area contributed by atoms with Gasteiger partial charge in [0, 0.05) is 28.4 Å². The first-order valence-corrected chi connectivity index (χ1v) is 7.99. The van der Waals surface area contributed by atoms with E-state index in [4.69, 9.17) is 37.2 Å². The number of carbonyl (C=O) groups is 1. The van der Waals surface area contributed by atoms with Gasteiger partial charge in [-0.2, -0.15) is 0 Å². The maximum absolute atomic E-state index is 12.3. The summed E-state index contributed by atoms with van der Waals surface area (Å²) in [5.41, 5.74) is 1.28. The SMILES string of the molecule is O=C(Nc1ccc2c(c1)OCO2)c1cc(-c2ccc(Cl)cc2Cl)on1. The molecule has 1 amide bonds. The number of carbonyl (C=O) groups excluding carboxylic acids is 1. The maximum Gasteiger partial charge on any atom is 0.277 e. The van der Waals surface area contributed by atoms with Gasteiger partial charge in [0.2, 0.25) is 6.79 Å². The van der Waals surface area contributed by atoms with Crippen LogP contribution in [-0.4, -0.2) is 17.9 Å². The normalized spacial score (nSPS) is 12.2. The molecule has 0 unspecified atom stereocenters. The first-order valence-electron chi connectivity index (χ1n) is 7.23. The molecule has 0 aliphatic carbocycles. The van der Waals surface area contributed by atoms with Crippen LogP contribution in [0.3, 0.4) is 0 Å². The number of benzene rings is 2. The Bertz CT molecular complexity index is 971. The maximum atomic E-state index is 12.3. The number of nitrogens with one attached hydrogen (secondary N) is 1. The number of hydrogen-bond acceptors (Lipinski definition) is 5. The van der Waals surface area contributed by atoms with Gasteiger partial charge >= 0.3 is 0 Å². The van der Waals surface area contributed by atoms with Crippen molar-refractivity contribution in [2.24, 2.45) is 0 Å². The van der Waals surface area contributed by atoms with Crippen molar-refractivity contribution in [1.29, 1.82) is 0 Å². The lowest BCUT2D eigenvalue weighted by atomic mass is 10.1. The van der Waals surface area contributed by atoms with Gasteiger partial charge in [0.25, 0.3) is 5.91 Å². The summed E-state index contributed by atoms with van der Waals surface area (Å²) in [7, 11) is 0. The first kappa shape index (κ1) is 15.8. The standard InChI is InChI=1S/C17H10Cl2N2O4/c18-9-1-3-11(12(19)5-9)15-7-13(21-25-15)17(22)20-10-2-4-14-16(6-10)24-8-23-14/h1-7H,8H2,(H,20,22). The largest absolute Gasteiger partial charge is 0.454 e. The average Bonchev–Trinajstić information content (AvgIpc) is 3.23. The van der Waals surface area contributed by atoms with Crippen LogP contribution in [0.25, 0.3) is 11.3 Å². The van der Waals surface area contributed by atoms with Gasteiger partial charge in [-0.1, -0.05) is 28.4 Å². The Balaban J connectivity index is 1.54. The predicted molar refractivity (Wildman–Crippen MR) is 92.5 cm³/mol. The number of ether oxygens (including phenoxy) is 2. The summed E-state index contributed by atoms with van der Waals surface area (Å²) in [6.07, 6.45) is 0. The molecule has 0 radical (unpaired) electrons. The molecule has 1 aliphatic rings. The smallest absolute Gasteiger partial charge is 0.277 e. The van der Waals surface area contributed by atoms with E-state index in [9.17, 15) is 4.79 Å². The molecule has 1 aliphatic heterocycles. The number of hydrogen-bond donors (Lipinski definition) is 1. The molecular weight excluding hydrogens is 367 g/mol. The molecule has 0 saturated carbocycles. The fourth-order valence-electron chi connectivity index (χ4n) is 2.37. The topological polar surface area (TPSA) is 73.6 Å². The van der Waals surface area contributed by atoms with Gasteiger partial charge in [0.15, 0.2) is 23.0 Å². The van der Waals surface area contributed by atoms with Gasteiger partial charge in [-0.25, -0.2) is 0 Å². The molecule has 0 spiro atoms. The highest BCUT2D eigenvalue weighted by atomic mass is 35.5. The minimum absolute atomic E-state index is 0.124. The molecule has 1 N–H and O–H groups in total. The third kappa shape index (κ3) is 3.14. The number of rotatable bonds is 3. The zero-order valence-electron chi connectivity index (χ0n) is 12.6. The lowest BCUT2D eigenvalue weighted by Crippen LogP contribution is -2.12. The zero-order valence-corrected chi connectivity index (χ0v) is 14.1. The lowest BCUT2D eigenvalue weighted by molar-refractivity contribution is 0.101. The van der Waals surface area contributed by atoms with Crippen LogP contribution in [0.5, 0.6) is 11.5 Å². The van der Waals surface area contributed by atoms with Crippen molar-refractivity contribution in [3.05, 3.63) is 58.2 Å². The fourth-order valence-corrected chi connectivity index (χ4v) is 2.87. The summed E-state index contributed by atoms with van der Waals surface area (Å²) >= 11 is 12.0. The molecule has 0 saturated heterocycles. The van der Waals surface area contributed by atoms with Crippen molar-refractivity contribution in [3.8, 4) is 22.8 Å². The molecule has 8 heteroatoms. The predicted octanol–water partition coefficient (Wildman–Crippen LogP) is 4.63. The molecule has 4 rings (SSSR count). The van der Waals surface area contributed by atoms with E-state index in [0.29, 0.717) is 38.6 Å². The van der Waals surface area contributed by atoms with Crippen molar-refractivity contribution in [2.75, 3.05) is 12.1 Å². The number of fused-ring (bicyclic) bond motifs is 1. The van der Waals surface area contributed by atoms with E-state index in [1.54, 1.807) is 36.4 Å². The summed E-state index contributed by atoms with van der Waals surface area (Å²) in [6.45, 7) is 0.168. The molecule has 126 valence electrons. The van der Waals surface area contributed by atoms with E-state index >= 15 is 0 Å². The van der Waals surface area contributed by atoms with E-state index < -0.39 is 5.91 Å². The molecule has 0 atom stereocenters.